The molecule has 2 heterocycles. The molecule has 0 atom stereocenters. The molecule has 0 saturated carbocycles. The van der Waals surface area contributed by atoms with Crippen LogP contribution in [0.15, 0.2) is 74.1 Å². The summed E-state index contributed by atoms with van der Waals surface area (Å²) in [4.78, 5) is 28.4. The predicted octanol–water partition coefficient (Wildman–Crippen LogP) is 3.47. The third kappa shape index (κ3) is 4.14. The number of carbonyl (C=O) groups is 1. The number of aromatic nitrogens is 1. The van der Waals surface area contributed by atoms with Crippen LogP contribution in [0.25, 0.3) is 22.2 Å². The molecule has 152 valence electrons. The van der Waals surface area contributed by atoms with Crippen molar-refractivity contribution >= 4 is 43.2 Å². The molecule has 4 rings (SSSR count). The molecule has 4 aromatic rings. The van der Waals surface area contributed by atoms with Gasteiger partial charge in [-0.15, -0.1) is 11.3 Å². The summed E-state index contributed by atoms with van der Waals surface area (Å²) >= 11 is 1.04. The number of thiazole rings is 1. The number of fused-ring (bicyclic) bond motifs is 1. The molecule has 0 aliphatic rings. The normalized spacial score (nSPS) is 11.5. The number of hydrogen-bond acceptors (Lipinski definition) is 7. The summed E-state index contributed by atoms with van der Waals surface area (Å²) in [5, 5.41) is 4.82. The Labute approximate surface area is 173 Å². The topological polar surface area (TPSA) is 106 Å². The summed E-state index contributed by atoms with van der Waals surface area (Å²) in [7, 11) is -3.94. The number of carbonyl (C=O) groups excluding carboxylic acids is 1. The minimum absolute atomic E-state index is 0.136. The molecule has 0 bridgehead atoms. The largest absolute Gasteiger partial charge is 0.422 e. The number of sulfone groups is 1. The fourth-order valence-corrected chi connectivity index (χ4v) is 4.61. The first-order valence-corrected chi connectivity index (χ1v) is 11.1. The van der Waals surface area contributed by atoms with Gasteiger partial charge in [-0.25, -0.2) is 22.6 Å². The lowest BCUT2D eigenvalue weighted by Crippen LogP contribution is -2.23. The van der Waals surface area contributed by atoms with Crippen LogP contribution in [-0.2, 0) is 14.6 Å². The fourth-order valence-electron chi connectivity index (χ4n) is 2.75. The smallest absolute Gasteiger partial charge is 0.345 e. The van der Waals surface area contributed by atoms with Gasteiger partial charge in [0.2, 0.25) is 5.91 Å². The molecule has 10 heteroatoms. The van der Waals surface area contributed by atoms with E-state index in [-0.39, 0.29) is 15.6 Å². The van der Waals surface area contributed by atoms with E-state index in [2.05, 4.69) is 10.3 Å². The van der Waals surface area contributed by atoms with Crippen LogP contribution in [-0.4, -0.2) is 25.1 Å². The number of halogens is 1. The molecular weight excluding hydrogens is 431 g/mol. The van der Waals surface area contributed by atoms with Crippen LogP contribution in [0.1, 0.15) is 0 Å². The van der Waals surface area contributed by atoms with Crippen molar-refractivity contribution in [3.63, 3.8) is 0 Å². The second-order valence-electron chi connectivity index (χ2n) is 6.28. The SMILES string of the molecule is O=C(CS(=O)(=O)c1ccc(F)cc1)Nc1nc(-c2cc3ccccc3oc2=O)cs1. The summed E-state index contributed by atoms with van der Waals surface area (Å²) < 4.78 is 42.8. The van der Waals surface area contributed by atoms with E-state index in [0.29, 0.717) is 11.3 Å². The van der Waals surface area contributed by atoms with Gasteiger partial charge in [0, 0.05) is 10.8 Å². The fraction of sp³-hybridized carbons (Fsp3) is 0.0500. The van der Waals surface area contributed by atoms with Gasteiger partial charge in [0.1, 0.15) is 17.2 Å². The second kappa shape index (κ2) is 7.81. The van der Waals surface area contributed by atoms with Crippen molar-refractivity contribution in [1.29, 1.82) is 0 Å². The first-order valence-electron chi connectivity index (χ1n) is 8.59. The molecule has 2 aromatic heterocycles. The molecule has 0 unspecified atom stereocenters. The van der Waals surface area contributed by atoms with Crippen LogP contribution >= 0.6 is 11.3 Å². The maximum Gasteiger partial charge on any atom is 0.345 e. The molecule has 0 fully saturated rings. The summed E-state index contributed by atoms with van der Waals surface area (Å²) in [5.41, 5.74) is 0.400. The van der Waals surface area contributed by atoms with Crippen molar-refractivity contribution in [2.45, 2.75) is 4.90 Å². The Hall–Kier alpha value is -3.37. The molecule has 0 aliphatic heterocycles. The first kappa shape index (κ1) is 19.9. The number of rotatable bonds is 5. The number of anilines is 1. The van der Waals surface area contributed by atoms with Gasteiger partial charge in [-0.1, -0.05) is 18.2 Å². The number of amides is 1. The van der Waals surface area contributed by atoms with Gasteiger partial charge in [0.05, 0.1) is 16.2 Å². The Bertz CT molecular complexity index is 1410. The van der Waals surface area contributed by atoms with Gasteiger partial charge in [-0.05, 0) is 36.4 Å². The van der Waals surface area contributed by atoms with E-state index >= 15 is 0 Å². The molecule has 0 spiro atoms. The van der Waals surface area contributed by atoms with Crippen molar-refractivity contribution < 1.29 is 22.0 Å². The Morgan fingerprint density at radius 3 is 2.63 bits per heavy atom. The molecule has 0 radical (unpaired) electrons. The van der Waals surface area contributed by atoms with Gasteiger partial charge in [0.25, 0.3) is 0 Å². The van der Waals surface area contributed by atoms with Gasteiger partial charge in [-0.3, -0.25) is 4.79 Å². The van der Waals surface area contributed by atoms with E-state index < -0.39 is 32.9 Å². The van der Waals surface area contributed by atoms with Crippen molar-refractivity contribution in [1.82, 2.24) is 4.98 Å². The van der Waals surface area contributed by atoms with E-state index in [1.807, 2.05) is 0 Å². The summed E-state index contributed by atoms with van der Waals surface area (Å²) in [6.07, 6.45) is 0. The van der Waals surface area contributed by atoms with E-state index in [9.17, 15) is 22.4 Å². The minimum Gasteiger partial charge on any atom is -0.422 e. The lowest BCUT2D eigenvalue weighted by atomic mass is 10.1. The van der Waals surface area contributed by atoms with E-state index in [1.165, 1.54) is 0 Å². The highest BCUT2D eigenvalue weighted by Crippen LogP contribution is 2.25. The average Bonchev–Trinajstić information content (AvgIpc) is 3.15. The maximum atomic E-state index is 13.0. The monoisotopic (exact) mass is 444 g/mol. The highest BCUT2D eigenvalue weighted by molar-refractivity contribution is 7.92. The van der Waals surface area contributed by atoms with Gasteiger partial charge >= 0.3 is 5.63 Å². The third-order valence-electron chi connectivity index (χ3n) is 4.16. The van der Waals surface area contributed by atoms with Crippen molar-refractivity contribution in [3.8, 4) is 11.3 Å². The number of hydrogen-bond donors (Lipinski definition) is 1. The number of nitrogens with one attached hydrogen (secondary N) is 1. The van der Waals surface area contributed by atoms with Crippen LogP contribution in [0.3, 0.4) is 0 Å². The maximum absolute atomic E-state index is 13.0. The Balaban J connectivity index is 1.52. The van der Waals surface area contributed by atoms with E-state index in [0.717, 1.165) is 41.0 Å². The highest BCUT2D eigenvalue weighted by Gasteiger charge is 2.21. The average molecular weight is 444 g/mol. The minimum atomic E-state index is -3.94. The number of nitrogens with zero attached hydrogens (tertiary/aromatic N) is 1. The van der Waals surface area contributed by atoms with Crippen molar-refractivity contribution in [3.05, 3.63) is 76.2 Å². The Morgan fingerprint density at radius 2 is 1.87 bits per heavy atom. The molecule has 2 aromatic carbocycles. The van der Waals surface area contributed by atoms with Crippen molar-refractivity contribution in [2.75, 3.05) is 11.1 Å². The Kier molecular flexibility index (Phi) is 5.18. The molecule has 0 aliphatic carbocycles. The van der Waals surface area contributed by atoms with Crippen LogP contribution in [0.4, 0.5) is 9.52 Å². The zero-order valence-corrected chi connectivity index (χ0v) is 16.8. The zero-order chi connectivity index (χ0) is 21.3. The summed E-state index contributed by atoms with van der Waals surface area (Å²) in [5.74, 6) is -2.20. The van der Waals surface area contributed by atoms with Crippen LogP contribution in [0.5, 0.6) is 0 Å². The molecular formula is C20H13FN2O5S2. The zero-order valence-electron chi connectivity index (χ0n) is 15.2. The first-order chi connectivity index (χ1) is 14.3. The lowest BCUT2D eigenvalue weighted by molar-refractivity contribution is -0.113. The van der Waals surface area contributed by atoms with E-state index in [1.54, 1.807) is 35.7 Å². The molecule has 1 amide bonds. The highest BCUT2D eigenvalue weighted by atomic mass is 32.2. The van der Waals surface area contributed by atoms with Crippen molar-refractivity contribution in [2.24, 2.45) is 0 Å². The summed E-state index contributed by atoms with van der Waals surface area (Å²) in [6, 6.07) is 12.9. The number of benzene rings is 2. The van der Waals surface area contributed by atoms with Gasteiger partial charge < -0.3 is 9.73 Å². The van der Waals surface area contributed by atoms with Crippen LogP contribution in [0, 0.1) is 5.82 Å². The van der Waals surface area contributed by atoms with Gasteiger partial charge in [0.15, 0.2) is 15.0 Å². The lowest BCUT2D eigenvalue weighted by Gasteiger charge is -2.04. The standard InChI is InChI=1S/C20H13FN2O5S2/c21-13-5-7-14(8-6-13)30(26,27)11-18(24)23-20-22-16(10-29-20)15-9-12-3-1-2-4-17(12)28-19(15)25/h1-10H,11H2,(H,22,23,24). The quantitative estimate of drug-likeness (QED) is 0.373. The molecule has 30 heavy (non-hydrogen) atoms. The van der Waals surface area contributed by atoms with Crippen LogP contribution in [0.2, 0.25) is 0 Å². The second-order valence-corrected chi connectivity index (χ2v) is 9.13. The predicted molar refractivity (Wildman–Crippen MR) is 111 cm³/mol. The third-order valence-corrected chi connectivity index (χ3v) is 6.55. The molecule has 0 saturated heterocycles. The molecule has 7 nitrogen and oxygen atoms in total. The van der Waals surface area contributed by atoms with E-state index in [4.69, 9.17) is 4.42 Å². The Morgan fingerprint density at radius 1 is 1.13 bits per heavy atom. The number of para-hydroxylation sites is 1. The van der Waals surface area contributed by atoms with Crippen LogP contribution < -0.4 is 10.9 Å². The summed E-state index contributed by atoms with van der Waals surface area (Å²) in [6.45, 7) is 0. The van der Waals surface area contributed by atoms with Gasteiger partial charge in [-0.2, -0.15) is 0 Å². The molecule has 1 N–H and O–H groups in total.